The number of aryl methyl sites for hydroxylation is 1. The number of carbonyl (C=O) groups excluding carboxylic acids is 1. The molecule has 2 unspecified atom stereocenters. The molecule has 0 radical (unpaired) electrons. The van der Waals surface area contributed by atoms with Gasteiger partial charge in [0.15, 0.2) is 0 Å². The molecule has 2 atom stereocenters. The van der Waals surface area contributed by atoms with E-state index in [1.165, 1.54) is 15.2 Å². The number of anilines is 2. The first-order valence-corrected chi connectivity index (χ1v) is 11.2. The Morgan fingerprint density at radius 3 is 2.82 bits per heavy atom. The van der Waals surface area contributed by atoms with Crippen molar-refractivity contribution in [2.24, 2.45) is 0 Å². The van der Waals surface area contributed by atoms with Gasteiger partial charge in [-0.3, -0.25) is 4.79 Å². The van der Waals surface area contributed by atoms with Gasteiger partial charge in [-0.05, 0) is 37.8 Å². The van der Waals surface area contributed by atoms with E-state index in [0.29, 0.717) is 30.9 Å². The molecule has 0 amide bonds. The van der Waals surface area contributed by atoms with Gasteiger partial charge < -0.3 is 11.1 Å². The third kappa shape index (κ3) is 2.98. The van der Waals surface area contributed by atoms with Gasteiger partial charge in [0, 0.05) is 23.8 Å². The number of nitrogens with one attached hydrogen (secondary N) is 1. The van der Waals surface area contributed by atoms with Crippen molar-refractivity contribution >= 4 is 27.4 Å². The number of nitrogens with zero attached hydrogens (tertiary/aromatic N) is 3. The molecule has 2 aliphatic rings. The molecule has 150 valence electrons. The fourth-order valence-corrected chi connectivity index (χ4v) is 5.38. The van der Waals surface area contributed by atoms with Crippen molar-refractivity contribution in [1.29, 1.82) is 0 Å². The van der Waals surface area contributed by atoms with Crippen LogP contribution < -0.4 is 11.1 Å². The Balaban J connectivity index is 1.71. The average Bonchev–Trinajstić information content (AvgIpc) is 2.96. The van der Waals surface area contributed by atoms with Crippen LogP contribution in [0, 0.1) is 6.92 Å². The number of fused-ring (bicyclic) bond motifs is 2. The summed E-state index contributed by atoms with van der Waals surface area (Å²) in [7, 11) is -3.36. The quantitative estimate of drug-likeness (QED) is 0.790. The topological polar surface area (TPSA) is 110 Å². The summed E-state index contributed by atoms with van der Waals surface area (Å²) in [5.41, 5.74) is 10.7. The van der Waals surface area contributed by atoms with Gasteiger partial charge in [0.05, 0.1) is 24.4 Å². The predicted octanol–water partition coefficient (Wildman–Crippen LogP) is 1.72. The molecule has 1 aromatic heterocycles. The SMILES string of the molecule is Cc1cccc2c1NCCC2C(=O)n1nc2c(c1N)CC(C)N(S(C)(=O)=O)C2. The lowest BCUT2D eigenvalue weighted by Gasteiger charge is -2.30. The van der Waals surface area contributed by atoms with E-state index < -0.39 is 10.0 Å². The Hall–Kier alpha value is -2.39. The second-order valence-electron chi connectivity index (χ2n) is 7.73. The van der Waals surface area contributed by atoms with Crippen molar-refractivity contribution in [2.45, 2.75) is 45.2 Å². The number of nitrogen functional groups attached to an aromatic ring is 1. The second-order valence-corrected chi connectivity index (χ2v) is 9.66. The van der Waals surface area contributed by atoms with E-state index in [1.807, 2.05) is 32.0 Å². The molecular formula is C19H25N5O3S. The summed E-state index contributed by atoms with van der Waals surface area (Å²) >= 11 is 0. The van der Waals surface area contributed by atoms with Crippen LogP contribution in [0.3, 0.4) is 0 Å². The third-order valence-electron chi connectivity index (χ3n) is 5.75. The van der Waals surface area contributed by atoms with E-state index in [1.54, 1.807) is 0 Å². The molecular weight excluding hydrogens is 378 g/mol. The molecule has 9 heteroatoms. The van der Waals surface area contributed by atoms with E-state index in [0.717, 1.165) is 22.4 Å². The highest BCUT2D eigenvalue weighted by atomic mass is 32.2. The Bertz CT molecular complexity index is 1060. The standard InChI is InChI=1S/C19H25N5O3S/c1-11-5-4-6-13-14(7-8-21-17(11)13)19(25)24-18(20)15-9-12(2)23(28(3,26)27)10-16(15)22-24/h4-6,12,14,21H,7-10,20H2,1-3H3. The van der Waals surface area contributed by atoms with Gasteiger partial charge >= 0.3 is 0 Å². The molecule has 0 bridgehead atoms. The fraction of sp³-hybridized carbons (Fsp3) is 0.474. The molecule has 0 saturated carbocycles. The summed E-state index contributed by atoms with van der Waals surface area (Å²) in [6, 6.07) is 5.70. The molecule has 4 rings (SSSR count). The molecule has 0 aliphatic carbocycles. The lowest BCUT2D eigenvalue weighted by atomic mass is 9.88. The Kier molecular flexibility index (Phi) is 4.46. The summed E-state index contributed by atoms with van der Waals surface area (Å²) in [6.45, 7) is 4.70. The van der Waals surface area contributed by atoms with E-state index in [9.17, 15) is 13.2 Å². The first kappa shape index (κ1) is 18.9. The molecule has 2 aromatic rings. The molecule has 3 N–H and O–H groups in total. The highest BCUT2D eigenvalue weighted by Gasteiger charge is 2.36. The fourth-order valence-electron chi connectivity index (χ4n) is 4.30. The smallest absolute Gasteiger partial charge is 0.256 e. The van der Waals surface area contributed by atoms with Gasteiger partial charge in [0.1, 0.15) is 5.82 Å². The zero-order valence-corrected chi connectivity index (χ0v) is 17.1. The van der Waals surface area contributed by atoms with Crippen molar-refractivity contribution in [1.82, 2.24) is 14.1 Å². The lowest BCUT2D eigenvalue weighted by Crippen LogP contribution is -2.41. The van der Waals surface area contributed by atoms with E-state index in [4.69, 9.17) is 5.73 Å². The normalized spacial score (nSPS) is 22.2. The molecule has 0 spiro atoms. The van der Waals surface area contributed by atoms with Crippen LogP contribution >= 0.6 is 0 Å². The minimum atomic E-state index is -3.36. The maximum Gasteiger partial charge on any atom is 0.256 e. The van der Waals surface area contributed by atoms with Crippen molar-refractivity contribution in [3.8, 4) is 0 Å². The van der Waals surface area contributed by atoms with Crippen LogP contribution in [0.5, 0.6) is 0 Å². The van der Waals surface area contributed by atoms with Crippen LogP contribution in [0.2, 0.25) is 0 Å². The second kappa shape index (κ2) is 6.59. The number of aromatic nitrogens is 2. The van der Waals surface area contributed by atoms with E-state index >= 15 is 0 Å². The van der Waals surface area contributed by atoms with Crippen molar-refractivity contribution in [2.75, 3.05) is 23.9 Å². The zero-order valence-electron chi connectivity index (χ0n) is 16.3. The zero-order chi connectivity index (χ0) is 20.2. The number of para-hydroxylation sites is 1. The van der Waals surface area contributed by atoms with Crippen LogP contribution in [-0.2, 0) is 23.0 Å². The summed E-state index contributed by atoms with van der Waals surface area (Å²) in [6.07, 6.45) is 2.29. The molecule has 8 nitrogen and oxygen atoms in total. The number of hydrogen-bond acceptors (Lipinski definition) is 6. The highest BCUT2D eigenvalue weighted by molar-refractivity contribution is 7.88. The van der Waals surface area contributed by atoms with Gasteiger partial charge in [-0.25, -0.2) is 8.42 Å². The van der Waals surface area contributed by atoms with Gasteiger partial charge in [0.25, 0.3) is 5.91 Å². The molecule has 3 heterocycles. The number of sulfonamides is 1. The van der Waals surface area contributed by atoms with Crippen LogP contribution in [0.4, 0.5) is 11.5 Å². The highest BCUT2D eigenvalue weighted by Crippen LogP contribution is 2.36. The maximum absolute atomic E-state index is 13.3. The van der Waals surface area contributed by atoms with Crippen LogP contribution in [-0.4, -0.2) is 47.3 Å². The summed E-state index contributed by atoms with van der Waals surface area (Å²) in [4.78, 5) is 13.3. The number of nitrogens with two attached hydrogens (primary N) is 1. The number of carbonyl (C=O) groups is 1. The van der Waals surface area contributed by atoms with E-state index in [-0.39, 0.29) is 24.4 Å². The first-order valence-electron chi connectivity index (χ1n) is 9.39. The molecule has 1 aromatic carbocycles. The number of benzene rings is 1. The minimum absolute atomic E-state index is 0.141. The van der Waals surface area contributed by atoms with Crippen LogP contribution in [0.1, 0.15) is 46.4 Å². The van der Waals surface area contributed by atoms with Gasteiger partial charge in [-0.15, -0.1) is 0 Å². The first-order chi connectivity index (χ1) is 13.2. The largest absolute Gasteiger partial charge is 0.385 e. The summed E-state index contributed by atoms with van der Waals surface area (Å²) in [5.74, 6) is -0.171. The minimum Gasteiger partial charge on any atom is -0.385 e. The summed E-state index contributed by atoms with van der Waals surface area (Å²) < 4.78 is 26.8. The Morgan fingerprint density at radius 2 is 2.11 bits per heavy atom. The summed E-state index contributed by atoms with van der Waals surface area (Å²) in [5, 5.41) is 7.81. The number of rotatable bonds is 2. The lowest BCUT2D eigenvalue weighted by molar-refractivity contribution is 0.0859. The Labute approximate surface area is 164 Å². The van der Waals surface area contributed by atoms with Crippen LogP contribution in [0.15, 0.2) is 18.2 Å². The van der Waals surface area contributed by atoms with Gasteiger partial charge in [0.2, 0.25) is 10.0 Å². The predicted molar refractivity (Wildman–Crippen MR) is 108 cm³/mol. The molecule has 0 fully saturated rings. The maximum atomic E-state index is 13.3. The molecule has 2 aliphatic heterocycles. The average molecular weight is 404 g/mol. The van der Waals surface area contributed by atoms with Crippen molar-refractivity contribution in [3.05, 3.63) is 40.6 Å². The van der Waals surface area contributed by atoms with Gasteiger partial charge in [-0.2, -0.15) is 14.1 Å². The molecule has 28 heavy (non-hydrogen) atoms. The van der Waals surface area contributed by atoms with Crippen molar-refractivity contribution < 1.29 is 13.2 Å². The van der Waals surface area contributed by atoms with Crippen molar-refractivity contribution in [3.63, 3.8) is 0 Å². The van der Waals surface area contributed by atoms with E-state index in [2.05, 4.69) is 10.4 Å². The number of hydrogen-bond donors (Lipinski definition) is 2. The monoisotopic (exact) mass is 403 g/mol. The Morgan fingerprint density at radius 1 is 1.36 bits per heavy atom. The molecule has 0 saturated heterocycles. The van der Waals surface area contributed by atoms with Crippen LogP contribution in [0.25, 0.3) is 0 Å². The third-order valence-corrected chi connectivity index (χ3v) is 7.09. The van der Waals surface area contributed by atoms with Gasteiger partial charge in [-0.1, -0.05) is 18.2 Å².